The summed E-state index contributed by atoms with van der Waals surface area (Å²) in [5, 5.41) is 0.867. The van der Waals surface area contributed by atoms with Crippen LogP contribution in [0.5, 0.6) is 0 Å². The molecule has 2 heterocycles. The molecule has 1 amide bonds. The molecule has 0 aliphatic rings. The highest BCUT2D eigenvalue weighted by atomic mass is 35.5. The zero-order chi connectivity index (χ0) is 22.7. The van der Waals surface area contributed by atoms with Crippen LogP contribution < -0.4 is 16.8 Å². The monoisotopic (exact) mass is 443 g/mol. The molecule has 3 aromatic rings. The van der Waals surface area contributed by atoms with Gasteiger partial charge in [0, 0.05) is 37.9 Å². The SMILES string of the molecule is CCCN(Cc1nc2cc(Cl)ccc2c(=O)[nH]1)C(=O)/C=C/c1cn(C)c(=O)n(C)c1=O. The second kappa shape index (κ2) is 9.13. The molecule has 0 saturated carbocycles. The Hall–Kier alpha value is -3.46. The first-order chi connectivity index (χ1) is 14.7. The third-order valence-corrected chi connectivity index (χ3v) is 4.98. The van der Waals surface area contributed by atoms with Crippen LogP contribution in [0.15, 0.2) is 44.9 Å². The van der Waals surface area contributed by atoms with Gasteiger partial charge in [-0.2, -0.15) is 0 Å². The van der Waals surface area contributed by atoms with Gasteiger partial charge in [0.1, 0.15) is 5.82 Å². The Balaban J connectivity index is 1.89. The maximum Gasteiger partial charge on any atom is 0.330 e. The first-order valence-electron chi connectivity index (χ1n) is 9.63. The van der Waals surface area contributed by atoms with Gasteiger partial charge in [-0.05, 0) is 30.7 Å². The van der Waals surface area contributed by atoms with E-state index in [4.69, 9.17) is 11.6 Å². The number of nitrogens with one attached hydrogen (secondary N) is 1. The number of H-pyrrole nitrogens is 1. The molecule has 0 radical (unpaired) electrons. The maximum absolute atomic E-state index is 12.8. The summed E-state index contributed by atoms with van der Waals surface area (Å²) in [4.78, 5) is 57.8. The fourth-order valence-electron chi connectivity index (χ4n) is 3.17. The van der Waals surface area contributed by atoms with Crippen molar-refractivity contribution in [2.75, 3.05) is 6.54 Å². The molecule has 1 aromatic carbocycles. The number of hydrogen-bond acceptors (Lipinski definition) is 5. The normalized spacial score (nSPS) is 11.4. The number of halogens is 1. The van der Waals surface area contributed by atoms with Gasteiger partial charge in [-0.25, -0.2) is 9.78 Å². The summed E-state index contributed by atoms with van der Waals surface area (Å²) in [6.07, 6.45) is 4.71. The van der Waals surface area contributed by atoms with Crippen molar-refractivity contribution in [1.29, 1.82) is 0 Å². The van der Waals surface area contributed by atoms with Crippen molar-refractivity contribution >= 4 is 34.5 Å². The zero-order valence-corrected chi connectivity index (χ0v) is 18.1. The molecule has 0 unspecified atom stereocenters. The molecular formula is C21H22ClN5O4. The molecule has 0 atom stereocenters. The van der Waals surface area contributed by atoms with Crippen molar-refractivity contribution in [3.63, 3.8) is 0 Å². The minimum absolute atomic E-state index is 0.0833. The first-order valence-corrected chi connectivity index (χ1v) is 10.0. The van der Waals surface area contributed by atoms with Crippen molar-refractivity contribution in [1.82, 2.24) is 24.0 Å². The van der Waals surface area contributed by atoms with E-state index in [-0.39, 0.29) is 23.6 Å². The number of nitrogens with zero attached hydrogens (tertiary/aromatic N) is 4. The Bertz CT molecular complexity index is 1350. The lowest BCUT2D eigenvalue weighted by atomic mass is 10.2. The van der Waals surface area contributed by atoms with Crippen molar-refractivity contribution in [3.8, 4) is 0 Å². The molecule has 31 heavy (non-hydrogen) atoms. The molecule has 0 bridgehead atoms. The van der Waals surface area contributed by atoms with Gasteiger partial charge in [-0.15, -0.1) is 0 Å². The van der Waals surface area contributed by atoms with Crippen LogP contribution in [0.4, 0.5) is 0 Å². The third kappa shape index (κ3) is 4.83. The summed E-state index contributed by atoms with van der Waals surface area (Å²) in [6.45, 7) is 2.43. The molecule has 0 aliphatic carbocycles. The average molecular weight is 444 g/mol. The molecule has 3 rings (SSSR count). The van der Waals surface area contributed by atoms with E-state index >= 15 is 0 Å². The number of amides is 1. The Kier molecular flexibility index (Phi) is 6.55. The van der Waals surface area contributed by atoms with Gasteiger partial charge in [0.2, 0.25) is 5.91 Å². The molecule has 0 spiro atoms. The van der Waals surface area contributed by atoms with Crippen molar-refractivity contribution in [3.05, 3.63) is 78.1 Å². The number of aromatic amines is 1. The van der Waals surface area contributed by atoms with Crippen LogP contribution in [-0.4, -0.2) is 36.5 Å². The number of rotatable bonds is 6. The van der Waals surface area contributed by atoms with Crippen LogP contribution in [-0.2, 0) is 25.4 Å². The van der Waals surface area contributed by atoms with Gasteiger partial charge in [-0.1, -0.05) is 18.5 Å². The summed E-state index contributed by atoms with van der Waals surface area (Å²) < 4.78 is 2.24. The lowest BCUT2D eigenvalue weighted by Crippen LogP contribution is -2.37. The highest BCUT2D eigenvalue weighted by Crippen LogP contribution is 2.15. The van der Waals surface area contributed by atoms with Crippen LogP contribution in [0.25, 0.3) is 17.0 Å². The van der Waals surface area contributed by atoms with E-state index in [0.717, 1.165) is 4.57 Å². The van der Waals surface area contributed by atoms with E-state index in [1.807, 2.05) is 6.92 Å². The number of aryl methyl sites for hydroxylation is 1. The standard InChI is InChI=1S/C21H22ClN5O4/c1-4-9-27(12-17-23-16-10-14(22)6-7-15(16)19(29)24-17)18(28)8-5-13-11-25(2)21(31)26(3)20(13)30/h5-8,10-11H,4,9,12H2,1-3H3,(H,23,24,29)/b8-5+. The Morgan fingerprint density at radius 2 is 2.00 bits per heavy atom. The quantitative estimate of drug-likeness (QED) is 0.579. The summed E-state index contributed by atoms with van der Waals surface area (Å²) in [7, 11) is 2.90. The van der Waals surface area contributed by atoms with Gasteiger partial charge in [-0.3, -0.25) is 19.0 Å². The summed E-state index contributed by atoms with van der Waals surface area (Å²) >= 11 is 6.00. The predicted molar refractivity (Wildman–Crippen MR) is 119 cm³/mol. The molecule has 0 aliphatic heterocycles. The smallest absolute Gasteiger partial charge is 0.330 e. The second-order valence-electron chi connectivity index (χ2n) is 7.11. The largest absolute Gasteiger partial charge is 0.332 e. The van der Waals surface area contributed by atoms with E-state index in [2.05, 4.69) is 9.97 Å². The minimum atomic E-state index is -0.494. The third-order valence-electron chi connectivity index (χ3n) is 4.74. The van der Waals surface area contributed by atoms with Gasteiger partial charge < -0.3 is 14.5 Å². The van der Waals surface area contributed by atoms with Gasteiger partial charge in [0.15, 0.2) is 0 Å². The van der Waals surface area contributed by atoms with Crippen LogP contribution in [0.1, 0.15) is 24.7 Å². The number of fused-ring (bicyclic) bond motifs is 1. The molecule has 0 saturated heterocycles. The lowest BCUT2D eigenvalue weighted by Gasteiger charge is -2.20. The predicted octanol–water partition coefficient (Wildman–Crippen LogP) is 1.43. The number of hydrogen-bond donors (Lipinski definition) is 1. The molecule has 10 heteroatoms. The minimum Gasteiger partial charge on any atom is -0.332 e. The van der Waals surface area contributed by atoms with Crippen LogP contribution in [0, 0.1) is 0 Å². The van der Waals surface area contributed by atoms with Crippen LogP contribution in [0.3, 0.4) is 0 Å². The molecule has 1 N–H and O–H groups in total. The molecule has 2 aromatic heterocycles. The topological polar surface area (TPSA) is 110 Å². The van der Waals surface area contributed by atoms with Gasteiger partial charge >= 0.3 is 5.69 Å². The van der Waals surface area contributed by atoms with Crippen molar-refractivity contribution in [2.45, 2.75) is 19.9 Å². The maximum atomic E-state index is 12.8. The van der Waals surface area contributed by atoms with Crippen LogP contribution in [0.2, 0.25) is 5.02 Å². The molecule has 0 fully saturated rings. The molecular weight excluding hydrogens is 422 g/mol. The number of carbonyl (C=O) groups is 1. The highest BCUT2D eigenvalue weighted by molar-refractivity contribution is 6.31. The Morgan fingerprint density at radius 3 is 2.71 bits per heavy atom. The summed E-state index contributed by atoms with van der Waals surface area (Å²) in [5.74, 6) is -0.0282. The average Bonchev–Trinajstić information content (AvgIpc) is 2.73. The Morgan fingerprint density at radius 1 is 1.26 bits per heavy atom. The Labute approximate surface area is 182 Å². The van der Waals surface area contributed by atoms with E-state index in [9.17, 15) is 19.2 Å². The van der Waals surface area contributed by atoms with E-state index < -0.39 is 11.2 Å². The van der Waals surface area contributed by atoms with E-state index in [1.54, 1.807) is 18.2 Å². The first kappa shape index (κ1) is 22.2. The second-order valence-corrected chi connectivity index (χ2v) is 7.55. The number of aromatic nitrogens is 4. The fourth-order valence-corrected chi connectivity index (χ4v) is 3.34. The summed E-state index contributed by atoms with van der Waals surface area (Å²) in [5.41, 5.74) is -0.607. The van der Waals surface area contributed by atoms with Crippen molar-refractivity contribution < 1.29 is 4.79 Å². The lowest BCUT2D eigenvalue weighted by molar-refractivity contribution is -0.126. The zero-order valence-electron chi connectivity index (χ0n) is 17.4. The van der Waals surface area contributed by atoms with Crippen molar-refractivity contribution in [2.24, 2.45) is 14.1 Å². The highest BCUT2D eigenvalue weighted by Gasteiger charge is 2.14. The van der Waals surface area contributed by atoms with E-state index in [0.29, 0.717) is 34.7 Å². The number of carbonyl (C=O) groups excluding carboxylic acids is 1. The summed E-state index contributed by atoms with van der Waals surface area (Å²) in [6, 6.07) is 4.80. The molecule has 162 valence electrons. The fraction of sp³-hybridized carbons (Fsp3) is 0.286. The van der Waals surface area contributed by atoms with Gasteiger partial charge in [0.05, 0.1) is 23.0 Å². The molecule has 9 nitrogen and oxygen atoms in total. The van der Waals surface area contributed by atoms with Gasteiger partial charge in [0.25, 0.3) is 11.1 Å². The van der Waals surface area contributed by atoms with E-state index in [1.165, 1.54) is 41.9 Å². The van der Waals surface area contributed by atoms with Crippen LogP contribution >= 0.6 is 11.6 Å². The number of benzene rings is 1.